The van der Waals surface area contributed by atoms with Gasteiger partial charge in [-0.1, -0.05) is 18.2 Å². The molecule has 6 nitrogen and oxygen atoms in total. The van der Waals surface area contributed by atoms with E-state index in [0.29, 0.717) is 23.2 Å². The normalized spacial score (nSPS) is 17.3. The first-order valence-corrected chi connectivity index (χ1v) is 11.5. The summed E-state index contributed by atoms with van der Waals surface area (Å²) in [5, 5.41) is 1.84. The summed E-state index contributed by atoms with van der Waals surface area (Å²) in [4.78, 5) is 25.7. The molecule has 0 aliphatic heterocycles. The van der Waals surface area contributed by atoms with Crippen LogP contribution in [0.15, 0.2) is 76.2 Å². The van der Waals surface area contributed by atoms with E-state index >= 15 is 0 Å². The molecule has 186 valence electrons. The Morgan fingerprint density at radius 1 is 1.00 bits per heavy atom. The molecule has 0 N–H and O–H groups in total. The second kappa shape index (κ2) is 8.36. The maximum atomic E-state index is 13.5. The number of pyridine rings is 1. The second-order valence-electron chi connectivity index (χ2n) is 8.94. The highest BCUT2D eigenvalue weighted by atomic mass is 19.4. The maximum Gasteiger partial charge on any atom is 0.416 e. The largest absolute Gasteiger partial charge is 0.434 e. The van der Waals surface area contributed by atoms with E-state index < -0.39 is 29.5 Å². The van der Waals surface area contributed by atoms with E-state index in [4.69, 9.17) is 4.42 Å². The minimum atomic E-state index is -4.50. The topological polar surface area (TPSA) is 73.8 Å². The fourth-order valence-electron chi connectivity index (χ4n) is 4.31. The highest BCUT2D eigenvalue weighted by Gasteiger charge is 2.40. The van der Waals surface area contributed by atoms with Gasteiger partial charge in [0.15, 0.2) is 11.6 Å². The van der Waals surface area contributed by atoms with Crippen molar-refractivity contribution in [1.82, 2.24) is 19.5 Å². The predicted octanol–water partition coefficient (Wildman–Crippen LogP) is 6.26. The Morgan fingerprint density at radius 2 is 1.73 bits per heavy atom. The third-order valence-electron chi connectivity index (χ3n) is 6.44. The van der Waals surface area contributed by atoms with Gasteiger partial charge in [0.05, 0.1) is 11.3 Å². The van der Waals surface area contributed by atoms with Crippen LogP contribution in [-0.2, 0) is 6.18 Å². The number of aryl methyl sites for hydroxylation is 1. The Kier molecular flexibility index (Phi) is 5.22. The first-order chi connectivity index (χ1) is 17.7. The summed E-state index contributed by atoms with van der Waals surface area (Å²) in [6, 6.07) is 13.3. The van der Waals surface area contributed by atoms with Gasteiger partial charge in [0.25, 0.3) is 0 Å². The highest BCUT2D eigenvalue weighted by molar-refractivity contribution is 5.88. The van der Waals surface area contributed by atoms with Gasteiger partial charge in [-0.15, -0.1) is 0 Å². The van der Waals surface area contributed by atoms with Gasteiger partial charge in [-0.3, -0.25) is 4.98 Å². The van der Waals surface area contributed by atoms with Gasteiger partial charge in [-0.25, -0.2) is 13.8 Å². The van der Waals surface area contributed by atoms with Gasteiger partial charge in [-0.05, 0) is 55.1 Å². The number of benzene rings is 2. The first-order valence-electron chi connectivity index (χ1n) is 11.5. The standard InChI is InChI=1S/C27H18F4N4O2/c1-14-19-7-4-17(12-16(19)8-10-32-14)25-34-24(35-11-9-22(33-26(35)36)20-13-21(20)28)23(37-25)15-2-5-18(6-3-15)27(29,30)31/h2-12,20-21H,13H2,1H3/t20-,21-/m1/s1. The number of fused-ring (bicyclic) bond motifs is 1. The van der Waals surface area contributed by atoms with Crippen molar-refractivity contribution in [2.75, 3.05) is 0 Å². The molecule has 3 heterocycles. The molecule has 37 heavy (non-hydrogen) atoms. The van der Waals surface area contributed by atoms with Crippen LogP contribution < -0.4 is 5.69 Å². The number of aromatic nitrogens is 4. The number of oxazole rings is 1. The Balaban J connectivity index is 1.50. The SMILES string of the molecule is Cc1nccc2cc(-c3nc(-n4ccc([C@@H]5C[C@H]5F)nc4=O)c(-c4ccc(C(F)(F)F)cc4)o3)ccc12. The number of nitrogens with zero attached hydrogens (tertiary/aromatic N) is 4. The van der Waals surface area contributed by atoms with E-state index in [1.54, 1.807) is 18.3 Å². The van der Waals surface area contributed by atoms with E-state index in [0.717, 1.165) is 33.2 Å². The van der Waals surface area contributed by atoms with Gasteiger partial charge < -0.3 is 4.42 Å². The lowest BCUT2D eigenvalue weighted by Crippen LogP contribution is -2.22. The minimum Gasteiger partial charge on any atom is -0.434 e. The zero-order chi connectivity index (χ0) is 25.9. The Labute approximate surface area is 207 Å². The van der Waals surface area contributed by atoms with E-state index in [9.17, 15) is 22.4 Å². The third kappa shape index (κ3) is 4.18. The van der Waals surface area contributed by atoms with Crippen LogP contribution in [0.3, 0.4) is 0 Å². The summed E-state index contributed by atoms with van der Waals surface area (Å²) in [5.74, 6) is -0.0676. The predicted molar refractivity (Wildman–Crippen MR) is 128 cm³/mol. The molecular weight excluding hydrogens is 488 g/mol. The van der Waals surface area contributed by atoms with Crippen LogP contribution in [0.5, 0.6) is 0 Å². The zero-order valence-electron chi connectivity index (χ0n) is 19.3. The van der Waals surface area contributed by atoms with Crippen LogP contribution in [0.4, 0.5) is 17.6 Å². The van der Waals surface area contributed by atoms with Crippen molar-refractivity contribution < 1.29 is 22.0 Å². The molecule has 1 fully saturated rings. The van der Waals surface area contributed by atoms with Crippen molar-refractivity contribution in [1.29, 1.82) is 0 Å². The lowest BCUT2D eigenvalue weighted by atomic mass is 10.1. The number of halogens is 4. The summed E-state index contributed by atoms with van der Waals surface area (Å²) in [6.45, 7) is 1.89. The first kappa shape index (κ1) is 23.1. The Hall–Kier alpha value is -4.34. The second-order valence-corrected chi connectivity index (χ2v) is 8.94. The molecule has 0 saturated heterocycles. The summed E-state index contributed by atoms with van der Waals surface area (Å²) >= 11 is 0. The highest BCUT2D eigenvalue weighted by Crippen LogP contribution is 2.42. The molecule has 0 spiro atoms. The number of hydrogen-bond acceptors (Lipinski definition) is 5. The monoisotopic (exact) mass is 506 g/mol. The molecule has 2 aromatic carbocycles. The number of rotatable bonds is 4. The quantitative estimate of drug-likeness (QED) is 0.269. The molecular formula is C27H18F4N4O2. The lowest BCUT2D eigenvalue weighted by molar-refractivity contribution is -0.137. The zero-order valence-corrected chi connectivity index (χ0v) is 19.3. The smallest absolute Gasteiger partial charge is 0.416 e. The van der Waals surface area contributed by atoms with Gasteiger partial charge in [0.1, 0.15) is 6.17 Å². The fraction of sp³-hybridized carbons (Fsp3) is 0.185. The fourth-order valence-corrected chi connectivity index (χ4v) is 4.31. The van der Waals surface area contributed by atoms with Gasteiger partial charge >= 0.3 is 11.9 Å². The van der Waals surface area contributed by atoms with Crippen LogP contribution in [-0.4, -0.2) is 25.7 Å². The molecule has 5 aromatic rings. The average Bonchev–Trinajstić information content (AvgIpc) is 3.44. The maximum absolute atomic E-state index is 13.5. The van der Waals surface area contributed by atoms with Crippen LogP contribution in [0.2, 0.25) is 0 Å². The van der Waals surface area contributed by atoms with E-state index in [1.807, 2.05) is 25.1 Å². The summed E-state index contributed by atoms with van der Waals surface area (Å²) in [5.41, 5.74) is 0.603. The number of hydrogen-bond donors (Lipinski definition) is 0. The molecule has 1 aliphatic rings. The van der Waals surface area contributed by atoms with Crippen molar-refractivity contribution in [3.8, 4) is 28.6 Å². The van der Waals surface area contributed by atoms with Crippen molar-refractivity contribution >= 4 is 10.8 Å². The Bertz CT molecular complexity index is 1710. The molecule has 0 amide bonds. The third-order valence-corrected chi connectivity index (χ3v) is 6.44. The minimum absolute atomic E-state index is 0.0670. The summed E-state index contributed by atoms with van der Waals surface area (Å²) in [6.07, 6.45) is -2.08. The Morgan fingerprint density at radius 3 is 2.41 bits per heavy atom. The number of alkyl halides is 4. The van der Waals surface area contributed by atoms with Crippen LogP contribution in [0.25, 0.3) is 39.4 Å². The molecule has 2 atom stereocenters. The average molecular weight is 506 g/mol. The molecule has 6 rings (SSSR count). The van der Waals surface area contributed by atoms with Crippen molar-refractivity contribution in [3.63, 3.8) is 0 Å². The molecule has 10 heteroatoms. The molecule has 0 radical (unpaired) electrons. The van der Waals surface area contributed by atoms with Gasteiger partial charge in [0, 0.05) is 40.5 Å². The molecule has 0 unspecified atom stereocenters. The molecule has 3 aromatic heterocycles. The lowest BCUT2D eigenvalue weighted by Gasteiger charge is -2.08. The van der Waals surface area contributed by atoms with E-state index in [1.165, 1.54) is 18.3 Å². The molecule has 1 aliphatic carbocycles. The molecule has 1 saturated carbocycles. The molecule has 0 bridgehead atoms. The van der Waals surface area contributed by atoms with Gasteiger partial charge in [-0.2, -0.15) is 23.1 Å². The van der Waals surface area contributed by atoms with E-state index in [2.05, 4.69) is 15.0 Å². The summed E-state index contributed by atoms with van der Waals surface area (Å²) in [7, 11) is 0. The van der Waals surface area contributed by atoms with Gasteiger partial charge in [0.2, 0.25) is 5.89 Å². The van der Waals surface area contributed by atoms with Crippen LogP contribution >= 0.6 is 0 Å². The van der Waals surface area contributed by atoms with Crippen molar-refractivity contribution in [2.24, 2.45) is 0 Å². The van der Waals surface area contributed by atoms with Crippen molar-refractivity contribution in [2.45, 2.75) is 31.6 Å². The summed E-state index contributed by atoms with van der Waals surface area (Å²) < 4.78 is 60.0. The van der Waals surface area contributed by atoms with E-state index in [-0.39, 0.29) is 17.5 Å². The van der Waals surface area contributed by atoms with Crippen LogP contribution in [0, 0.1) is 6.92 Å². The van der Waals surface area contributed by atoms with Crippen LogP contribution in [0.1, 0.15) is 29.3 Å². The van der Waals surface area contributed by atoms with Crippen molar-refractivity contribution in [3.05, 3.63) is 94.4 Å².